The Labute approximate surface area is 138 Å². The summed E-state index contributed by atoms with van der Waals surface area (Å²) in [6.45, 7) is 2.08. The summed E-state index contributed by atoms with van der Waals surface area (Å²) in [7, 11) is 1.92. The number of nitrogens with zero attached hydrogens (tertiary/aromatic N) is 3. The lowest BCUT2D eigenvalue weighted by Gasteiger charge is -2.04. The molecular formula is C15H17ClN4OS. The largest absolute Gasteiger partial charge is 0.335 e. The average molecular weight is 337 g/mol. The molecule has 0 radical (unpaired) electrons. The number of nitrogens with one attached hydrogen (secondary N) is 1. The average Bonchev–Trinajstić information content (AvgIpc) is 3.10. The Balaban J connectivity index is 0.00000176. The van der Waals surface area contributed by atoms with E-state index in [2.05, 4.69) is 33.4 Å². The van der Waals surface area contributed by atoms with Crippen LogP contribution in [-0.4, -0.2) is 28.2 Å². The lowest BCUT2D eigenvalue weighted by Crippen LogP contribution is -2.24. The summed E-state index contributed by atoms with van der Waals surface area (Å²) in [5.74, 6) is 1.22. The van der Waals surface area contributed by atoms with Gasteiger partial charge in [-0.15, -0.1) is 23.7 Å². The van der Waals surface area contributed by atoms with E-state index in [1.807, 2.05) is 31.3 Å². The topological polar surface area (TPSA) is 63.8 Å². The van der Waals surface area contributed by atoms with E-state index in [0.717, 1.165) is 16.9 Å². The molecule has 1 N–H and O–H groups in total. The third kappa shape index (κ3) is 3.91. The number of hydrogen-bond donors (Lipinski definition) is 1. The second kappa shape index (κ2) is 7.49. The highest BCUT2D eigenvalue weighted by molar-refractivity contribution is 7.19. The van der Waals surface area contributed by atoms with Crippen LogP contribution in [0.3, 0.4) is 0 Å². The third-order valence-electron chi connectivity index (χ3n) is 3.14. The molecule has 3 aromatic rings. The van der Waals surface area contributed by atoms with Crippen molar-refractivity contribution in [1.29, 1.82) is 0 Å². The van der Waals surface area contributed by atoms with Crippen LogP contribution in [0.5, 0.6) is 0 Å². The van der Waals surface area contributed by atoms with Gasteiger partial charge in [-0.1, -0.05) is 17.3 Å². The lowest BCUT2D eigenvalue weighted by molar-refractivity contribution is 0.400. The van der Waals surface area contributed by atoms with E-state index in [4.69, 9.17) is 4.52 Å². The second-order valence-electron chi connectivity index (χ2n) is 4.80. The zero-order valence-electron chi connectivity index (χ0n) is 12.3. The van der Waals surface area contributed by atoms with Gasteiger partial charge in [0.25, 0.3) is 5.89 Å². The van der Waals surface area contributed by atoms with Gasteiger partial charge >= 0.3 is 0 Å². The van der Waals surface area contributed by atoms with Crippen LogP contribution >= 0.6 is 23.7 Å². The maximum Gasteiger partial charge on any atom is 0.250 e. The van der Waals surface area contributed by atoms with E-state index >= 15 is 0 Å². The Morgan fingerprint density at radius 2 is 2.09 bits per heavy atom. The van der Waals surface area contributed by atoms with Crippen LogP contribution in [0.15, 0.2) is 28.8 Å². The second-order valence-corrected chi connectivity index (χ2v) is 5.86. The maximum absolute atomic E-state index is 5.21. The zero-order valence-corrected chi connectivity index (χ0v) is 13.9. The van der Waals surface area contributed by atoms with Crippen molar-refractivity contribution in [3.8, 4) is 0 Å². The maximum atomic E-state index is 5.21. The number of benzene rings is 1. The first-order valence-corrected chi connectivity index (χ1v) is 7.60. The Morgan fingerprint density at radius 1 is 1.27 bits per heavy atom. The Morgan fingerprint density at radius 3 is 2.86 bits per heavy atom. The number of halogens is 1. The molecule has 22 heavy (non-hydrogen) atoms. The van der Waals surface area contributed by atoms with E-state index in [-0.39, 0.29) is 12.4 Å². The number of para-hydroxylation sites is 1. The summed E-state index contributed by atoms with van der Waals surface area (Å²) < 4.78 is 6.38. The van der Waals surface area contributed by atoms with Gasteiger partial charge in [0, 0.05) is 18.5 Å². The highest BCUT2D eigenvalue weighted by Gasteiger charge is 2.07. The fourth-order valence-electron chi connectivity index (χ4n) is 1.90. The van der Waals surface area contributed by atoms with Gasteiger partial charge in [0.1, 0.15) is 5.01 Å². The van der Waals surface area contributed by atoms with Gasteiger partial charge in [-0.2, -0.15) is 4.98 Å². The van der Waals surface area contributed by atoms with Crippen molar-refractivity contribution < 1.29 is 4.52 Å². The molecule has 1 atom stereocenters. The van der Waals surface area contributed by atoms with Crippen molar-refractivity contribution in [3.63, 3.8) is 0 Å². The predicted octanol–water partition coefficient (Wildman–Crippen LogP) is 3.42. The van der Waals surface area contributed by atoms with Gasteiger partial charge in [0.05, 0.1) is 10.2 Å². The predicted molar refractivity (Wildman–Crippen MR) is 92.3 cm³/mol. The molecular weight excluding hydrogens is 320 g/mol. The number of aromatic nitrogens is 3. The SMILES string of the molecule is CNC(C)Cc1noc(/C=C/c2nc3ccccc3s2)n1.Cl. The number of likely N-dealkylation sites (N-methyl/N-ethyl adjacent to an activating group) is 1. The quantitative estimate of drug-likeness (QED) is 0.773. The molecule has 1 unspecified atom stereocenters. The number of hydrogen-bond acceptors (Lipinski definition) is 6. The summed E-state index contributed by atoms with van der Waals surface area (Å²) in [5.41, 5.74) is 1.01. The van der Waals surface area contributed by atoms with Crippen LogP contribution in [0.4, 0.5) is 0 Å². The first kappa shape index (κ1) is 16.6. The van der Waals surface area contributed by atoms with Crippen LogP contribution in [0.2, 0.25) is 0 Å². The van der Waals surface area contributed by atoms with Gasteiger partial charge in [-0.25, -0.2) is 4.98 Å². The lowest BCUT2D eigenvalue weighted by atomic mass is 10.2. The van der Waals surface area contributed by atoms with Gasteiger partial charge < -0.3 is 9.84 Å². The van der Waals surface area contributed by atoms with E-state index < -0.39 is 0 Å². The highest BCUT2D eigenvalue weighted by atomic mass is 35.5. The minimum absolute atomic E-state index is 0. The van der Waals surface area contributed by atoms with Gasteiger partial charge in [-0.05, 0) is 32.2 Å². The summed E-state index contributed by atoms with van der Waals surface area (Å²) in [6.07, 6.45) is 4.46. The molecule has 116 valence electrons. The molecule has 0 bridgehead atoms. The van der Waals surface area contributed by atoms with E-state index in [0.29, 0.717) is 17.8 Å². The molecule has 2 aromatic heterocycles. The Kier molecular flexibility index (Phi) is 5.65. The van der Waals surface area contributed by atoms with Crippen LogP contribution in [0.25, 0.3) is 22.4 Å². The summed E-state index contributed by atoms with van der Waals surface area (Å²) in [6, 6.07) is 8.40. The highest BCUT2D eigenvalue weighted by Crippen LogP contribution is 2.22. The van der Waals surface area contributed by atoms with Crippen molar-refractivity contribution in [2.24, 2.45) is 0 Å². The van der Waals surface area contributed by atoms with Crippen molar-refractivity contribution >= 4 is 46.1 Å². The van der Waals surface area contributed by atoms with Crippen LogP contribution in [0, 0.1) is 0 Å². The van der Waals surface area contributed by atoms with E-state index in [1.54, 1.807) is 17.4 Å². The molecule has 3 rings (SSSR count). The zero-order chi connectivity index (χ0) is 14.7. The van der Waals surface area contributed by atoms with Gasteiger partial charge in [-0.3, -0.25) is 0 Å². The molecule has 0 spiro atoms. The standard InChI is InChI=1S/C15H16N4OS.ClH/c1-10(16-2)9-13-18-14(20-19-13)7-8-15-17-11-5-3-4-6-12(11)21-15;/h3-8,10,16H,9H2,1-2H3;1H/b8-7+;. The first-order valence-electron chi connectivity index (χ1n) is 6.78. The molecule has 0 fully saturated rings. The van der Waals surface area contributed by atoms with Gasteiger partial charge in [0.2, 0.25) is 0 Å². The summed E-state index contributed by atoms with van der Waals surface area (Å²) in [4.78, 5) is 8.87. The Bertz CT molecular complexity index is 735. The molecule has 0 aliphatic rings. The smallest absolute Gasteiger partial charge is 0.250 e. The molecule has 0 amide bonds. The van der Waals surface area contributed by atoms with Crippen LogP contribution in [0.1, 0.15) is 23.6 Å². The van der Waals surface area contributed by atoms with Crippen molar-refractivity contribution in [1.82, 2.24) is 20.4 Å². The molecule has 2 heterocycles. The summed E-state index contributed by atoms with van der Waals surface area (Å²) in [5, 5.41) is 8.04. The van der Waals surface area contributed by atoms with E-state index in [1.165, 1.54) is 4.70 Å². The van der Waals surface area contributed by atoms with Crippen LogP contribution < -0.4 is 5.32 Å². The van der Waals surface area contributed by atoms with Crippen molar-refractivity contribution in [3.05, 3.63) is 41.0 Å². The van der Waals surface area contributed by atoms with E-state index in [9.17, 15) is 0 Å². The first-order chi connectivity index (χ1) is 10.2. The number of rotatable bonds is 5. The third-order valence-corrected chi connectivity index (χ3v) is 4.15. The minimum Gasteiger partial charge on any atom is -0.335 e. The fourth-order valence-corrected chi connectivity index (χ4v) is 2.77. The van der Waals surface area contributed by atoms with Crippen molar-refractivity contribution in [2.75, 3.05) is 7.05 Å². The fraction of sp³-hybridized carbons (Fsp3) is 0.267. The monoisotopic (exact) mass is 336 g/mol. The van der Waals surface area contributed by atoms with Gasteiger partial charge in [0.15, 0.2) is 5.82 Å². The molecule has 1 aromatic carbocycles. The summed E-state index contributed by atoms with van der Waals surface area (Å²) >= 11 is 1.64. The number of thiazole rings is 1. The minimum atomic E-state index is 0. The number of fused-ring (bicyclic) bond motifs is 1. The molecule has 0 aliphatic carbocycles. The molecule has 0 saturated heterocycles. The Hall–Kier alpha value is -1.76. The molecule has 0 aliphatic heterocycles. The van der Waals surface area contributed by atoms with Crippen LogP contribution in [-0.2, 0) is 6.42 Å². The molecule has 7 heteroatoms. The normalized spacial score (nSPS) is 12.6. The molecule has 0 saturated carbocycles. The van der Waals surface area contributed by atoms with Crippen molar-refractivity contribution in [2.45, 2.75) is 19.4 Å². The molecule has 5 nitrogen and oxygen atoms in total.